The summed E-state index contributed by atoms with van der Waals surface area (Å²) in [5, 5.41) is 13.9. The largest absolute Gasteiger partial charge is 0.484 e. The number of rotatable bonds is 4. The van der Waals surface area contributed by atoms with Crippen LogP contribution in [-0.2, 0) is 17.9 Å². The van der Waals surface area contributed by atoms with Crippen LogP contribution in [0.1, 0.15) is 17.7 Å². The predicted octanol–water partition coefficient (Wildman–Crippen LogP) is 1.36. The Hall–Kier alpha value is -2.34. The van der Waals surface area contributed by atoms with Crippen LogP contribution in [-0.4, -0.2) is 44.9 Å². The van der Waals surface area contributed by atoms with E-state index >= 15 is 0 Å². The lowest BCUT2D eigenvalue weighted by atomic mass is 10.2. The van der Waals surface area contributed by atoms with Crippen molar-refractivity contribution in [1.82, 2.24) is 14.7 Å². The van der Waals surface area contributed by atoms with Crippen LogP contribution < -0.4 is 4.74 Å². The Labute approximate surface area is 135 Å². The highest BCUT2D eigenvalue weighted by Gasteiger charge is 2.27. The number of ether oxygens (including phenoxy) is 1. The van der Waals surface area contributed by atoms with Crippen LogP contribution in [0.2, 0.25) is 0 Å². The first-order chi connectivity index (χ1) is 11.2. The Kier molecular flexibility index (Phi) is 4.62. The van der Waals surface area contributed by atoms with Gasteiger partial charge in [0.25, 0.3) is 5.91 Å². The fourth-order valence-electron chi connectivity index (χ4n) is 2.85. The molecule has 1 aliphatic rings. The van der Waals surface area contributed by atoms with E-state index in [4.69, 9.17) is 4.74 Å². The van der Waals surface area contributed by atoms with E-state index in [9.17, 15) is 9.90 Å². The van der Waals surface area contributed by atoms with E-state index in [1.165, 1.54) is 0 Å². The molecule has 3 rings (SSSR count). The highest BCUT2D eigenvalue weighted by molar-refractivity contribution is 5.78. The predicted molar refractivity (Wildman–Crippen MR) is 84.9 cm³/mol. The third-order valence-corrected chi connectivity index (χ3v) is 4.23. The van der Waals surface area contributed by atoms with Crippen molar-refractivity contribution in [3.63, 3.8) is 0 Å². The molecule has 0 fully saturated rings. The Morgan fingerprint density at radius 2 is 2.22 bits per heavy atom. The molecule has 122 valence electrons. The number of aryl methyl sites for hydroxylation is 2. The summed E-state index contributed by atoms with van der Waals surface area (Å²) in [6.07, 6.45) is 2.42. The number of fused-ring (bicyclic) bond motifs is 1. The van der Waals surface area contributed by atoms with Gasteiger partial charge in [0.05, 0.1) is 24.9 Å². The van der Waals surface area contributed by atoms with Crippen molar-refractivity contribution < 1.29 is 14.6 Å². The summed E-state index contributed by atoms with van der Waals surface area (Å²) in [6.45, 7) is 3.01. The van der Waals surface area contributed by atoms with E-state index in [1.807, 2.05) is 41.9 Å². The lowest BCUT2D eigenvalue weighted by Crippen LogP contribution is -2.43. The second-order valence-corrected chi connectivity index (χ2v) is 5.75. The molecule has 2 aromatic rings. The van der Waals surface area contributed by atoms with Gasteiger partial charge < -0.3 is 14.7 Å². The average molecular weight is 315 g/mol. The topological polar surface area (TPSA) is 67.6 Å². The van der Waals surface area contributed by atoms with Crippen LogP contribution in [0, 0.1) is 6.92 Å². The Bertz CT molecular complexity index is 683. The van der Waals surface area contributed by atoms with Crippen molar-refractivity contribution >= 4 is 5.91 Å². The van der Waals surface area contributed by atoms with E-state index in [-0.39, 0.29) is 25.2 Å². The molecule has 1 aromatic heterocycles. The maximum Gasteiger partial charge on any atom is 0.261 e. The SMILES string of the molecule is Cc1ccccc1OCC(=O)N1Cc2ccnn2CC[C@@H]1CO. The quantitative estimate of drug-likeness (QED) is 0.925. The van der Waals surface area contributed by atoms with Crippen molar-refractivity contribution in [2.24, 2.45) is 0 Å². The highest BCUT2D eigenvalue weighted by Crippen LogP contribution is 2.19. The molecule has 0 saturated carbocycles. The first-order valence-electron chi connectivity index (χ1n) is 7.78. The second kappa shape index (κ2) is 6.83. The molecule has 23 heavy (non-hydrogen) atoms. The number of aliphatic hydroxyl groups excluding tert-OH is 1. The standard InChI is InChI=1S/C17H21N3O3/c1-13-4-2-3-5-16(13)23-12-17(22)19-10-14-6-8-18-20(14)9-7-15(19)11-21/h2-6,8,15,21H,7,9-12H2,1H3/t15-/m1/s1. The van der Waals surface area contributed by atoms with Gasteiger partial charge >= 0.3 is 0 Å². The lowest BCUT2D eigenvalue weighted by Gasteiger charge is -2.28. The Morgan fingerprint density at radius 1 is 1.39 bits per heavy atom. The van der Waals surface area contributed by atoms with Crippen LogP contribution in [0.15, 0.2) is 36.5 Å². The van der Waals surface area contributed by atoms with Crippen molar-refractivity contribution in [3.05, 3.63) is 47.8 Å². The van der Waals surface area contributed by atoms with Gasteiger partial charge in [0.1, 0.15) is 5.75 Å². The number of carbonyl (C=O) groups excluding carboxylic acids is 1. The van der Waals surface area contributed by atoms with Gasteiger partial charge in [0.2, 0.25) is 0 Å². The third kappa shape index (κ3) is 3.37. The smallest absolute Gasteiger partial charge is 0.261 e. The van der Waals surface area contributed by atoms with Gasteiger partial charge in [-0.1, -0.05) is 18.2 Å². The zero-order chi connectivity index (χ0) is 16.2. The van der Waals surface area contributed by atoms with Crippen molar-refractivity contribution in [1.29, 1.82) is 0 Å². The number of hydrogen-bond acceptors (Lipinski definition) is 4. The number of hydrogen-bond donors (Lipinski definition) is 1. The minimum absolute atomic E-state index is 0.0323. The molecule has 0 unspecified atom stereocenters. The number of aliphatic hydroxyl groups is 1. The molecule has 1 aliphatic heterocycles. The minimum Gasteiger partial charge on any atom is -0.484 e. The maximum absolute atomic E-state index is 12.6. The van der Waals surface area contributed by atoms with Crippen LogP contribution in [0.4, 0.5) is 0 Å². The molecule has 1 amide bonds. The highest BCUT2D eigenvalue weighted by atomic mass is 16.5. The summed E-state index contributed by atoms with van der Waals surface area (Å²) in [6, 6.07) is 9.31. The number of benzene rings is 1. The van der Waals surface area contributed by atoms with Gasteiger partial charge in [0.15, 0.2) is 6.61 Å². The number of aromatic nitrogens is 2. The lowest BCUT2D eigenvalue weighted by molar-refractivity contribution is -0.137. The zero-order valence-corrected chi connectivity index (χ0v) is 13.2. The maximum atomic E-state index is 12.6. The summed E-state index contributed by atoms with van der Waals surface area (Å²) in [5.41, 5.74) is 1.97. The van der Waals surface area contributed by atoms with Crippen LogP contribution >= 0.6 is 0 Å². The summed E-state index contributed by atoms with van der Waals surface area (Å²) in [5.74, 6) is 0.586. The molecular weight excluding hydrogens is 294 g/mol. The first-order valence-corrected chi connectivity index (χ1v) is 7.78. The second-order valence-electron chi connectivity index (χ2n) is 5.75. The van der Waals surface area contributed by atoms with Crippen LogP contribution in [0.25, 0.3) is 0 Å². The molecule has 0 aliphatic carbocycles. The van der Waals surface area contributed by atoms with Crippen molar-refractivity contribution in [2.45, 2.75) is 32.5 Å². The van der Waals surface area contributed by atoms with E-state index < -0.39 is 0 Å². The van der Waals surface area contributed by atoms with E-state index in [0.29, 0.717) is 25.3 Å². The molecule has 0 spiro atoms. The molecule has 0 saturated heterocycles. The number of amides is 1. The molecule has 0 bridgehead atoms. The molecule has 6 heteroatoms. The molecule has 6 nitrogen and oxygen atoms in total. The Morgan fingerprint density at radius 3 is 3.00 bits per heavy atom. The van der Waals surface area contributed by atoms with E-state index in [1.54, 1.807) is 11.1 Å². The van der Waals surface area contributed by atoms with Gasteiger partial charge in [-0.25, -0.2) is 0 Å². The van der Waals surface area contributed by atoms with Crippen LogP contribution in [0.5, 0.6) is 5.75 Å². The van der Waals surface area contributed by atoms with Crippen LogP contribution in [0.3, 0.4) is 0 Å². The van der Waals surface area contributed by atoms with Gasteiger partial charge in [0, 0.05) is 12.7 Å². The molecule has 1 N–H and O–H groups in total. The molecule has 0 radical (unpaired) electrons. The number of nitrogens with zero attached hydrogens (tertiary/aromatic N) is 3. The van der Waals surface area contributed by atoms with Gasteiger partial charge in [-0.15, -0.1) is 0 Å². The number of para-hydroxylation sites is 1. The summed E-state index contributed by atoms with van der Waals surface area (Å²) >= 11 is 0. The fourth-order valence-corrected chi connectivity index (χ4v) is 2.85. The van der Waals surface area contributed by atoms with E-state index in [0.717, 1.165) is 11.3 Å². The summed E-state index contributed by atoms with van der Waals surface area (Å²) in [7, 11) is 0. The zero-order valence-electron chi connectivity index (χ0n) is 13.2. The minimum atomic E-state index is -0.204. The summed E-state index contributed by atoms with van der Waals surface area (Å²) in [4.78, 5) is 14.3. The normalized spacial score (nSPS) is 17.5. The fraction of sp³-hybridized carbons (Fsp3) is 0.412. The van der Waals surface area contributed by atoms with Gasteiger partial charge in [-0.2, -0.15) is 5.10 Å². The number of carbonyl (C=O) groups is 1. The first kappa shape index (κ1) is 15.6. The summed E-state index contributed by atoms with van der Waals surface area (Å²) < 4.78 is 7.55. The van der Waals surface area contributed by atoms with E-state index in [2.05, 4.69) is 5.10 Å². The molecule has 1 atom stereocenters. The molecular formula is C17H21N3O3. The average Bonchev–Trinajstić information content (AvgIpc) is 2.93. The van der Waals surface area contributed by atoms with Gasteiger partial charge in [-0.3, -0.25) is 9.48 Å². The monoisotopic (exact) mass is 315 g/mol. The molecule has 1 aromatic carbocycles. The van der Waals surface area contributed by atoms with Crippen molar-refractivity contribution in [3.8, 4) is 5.75 Å². The van der Waals surface area contributed by atoms with Gasteiger partial charge in [-0.05, 0) is 31.0 Å². The third-order valence-electron chi connectivity index (χ3n) is 4.23. The Balaban J connectivity index is 1.70. The van der Waals surface area contributed by atoms with Crippen molar-refractivity contribution in [2.75, 3.05) is 13.2 Å². The molecule has 2 heterocycles.